The number of nitrogens with one attached hydrogen (secondary N) is 1. The van der Waals surface area contributed by atoms with E-state index >= 15 is 0 Å². The molecule has 0 spiro atoms. The Kier molecular flexibility index (Phi) is 4.40. The first-order valence-corrected chi connectivity index (χ1v) is 8.20. The van der Waals surface area contributed by atoms with Crippen molar-refractivity contribution in [1.82, 2.24) is 5.32 Å². The molecule has 1 N–H and O–H groups in total. The number of rotatable bonds is 6. The average molecular weight is 279 g/mol. The van der Waals surface area contributed by atoms with Crippen molar-refractivity contribution in [2.75, 3.05) is 6.54 Å². The molecule has 1 fully saturated rings. The number of hydrogen-bond donors (Lipinski definition) is 1. The molecule has 1 heteroatoms. The van der Waals surface area contributed by atoms with Gasteiger partial charge in [0.25, 0.3) is 0 Å². The second-order valence-corrected chi connectivity index (χ2v) is 6.05. The molecule has 0 aromatic heterocycles. The molecular weight excluding hydrogens is 254 g/mol. The standard InChI is InChI=1S/C20H25N/c1-3-15-10-12-17(13-11-15)20(21-4-2)19-14-18(19)16-8-6-5-7-9-16/h5-13,18-21H,3-4,14H2,1-2H3. The van der Waals surface area contributed by atoms with E-state index in [-0.39, 0.29) is 0 Å². The van der Waals surface area contributed by atoms with Crippen molar-refractivity contribution in [2.45, 2.75) is 38.6 Å². The molecule has 1 aliphatic rings. The van der Waals surface area contributed by atoms with E-state index in [0.717, 1.165) is 24.8 Å². The van der Waals surface area contributed by atoms with Gasteiger partial charge in [0.2, 0.25) is 0 Å². The molecule has 0 saturated heterocycles. The summed E-state index contributed by atoms with van der Waals surface area (Å²) in [5.74, 6) is 1.46. The highest BCUT2D eigenvalue weighted by atomic mass is 14.9. The van der Waals surface area contributed by atoms with Gasteiger partial charge in [-0.25, -0.2) is 0 Å². The van der Waals surface area contributed by atoms with E-state index in [4.69, 9.17) is 0 Å². The van der Waals surface area contributed by atoms with Crippen LogP contribution in [0.1, 0.15) is 48.9 Å². The van der Waals surface area contributed by atoms with Crippen molar-refractivity contribution in [1.29, 1.82) is 0 Å². The summed E-state index contributed by atoms with van der Waals surface area (Å²) in [6.45, 7) is 5.44. The summed E-state index contributed by atoms with van der Waals surface area (Å²) in [6, 6.07) is 20.6. The minimum atomic E-state index is 0.492. The highest BCUT2D eigenvalue weighted by Crippen LogP contribution is 2.53. The van der Waals surface area contributed by atoms with E-state index in [0.29, 0.717) is 6.04 Å². The fourth-order valence-corrected chi connectivity index (χ4v) is 3.36. The van der Waals surface area contributed by atoms with Crippen LogP contribution >= 0.6 is 0 Å². The molecule has 1 aliphatic carbocycles. The third kappa shape index (κ3) is 3.19. The molecule has 0 aliphatic heterocycles. The molecule has 21 heavy (non-hydrogen) atoms. The first-order chi connectivity index (χ1) is 10.3. The van der Waals surface area contributed by atoms with Crippen LogP contribution in [0.2, 0.25) is 0 Å². The Morgan fingerprint density at radius 2 is 1.71 bits per heavy atom. The molecule has 110 valence electrons. The molecule has 1 nitrogen and oxygen atoms in total. The molecule has 0 heterocycles. The van der Waals surface area contributed by atoms with E-state index in [2.05, 4.69) is 73.8 Å². The lowest BCUT2D eigenvalue weighted by Crippen LogP contribution is -2.23. The Bertz CT molecular complexity index is 558. The number of hydrogen-bond acceptors (Lipinski definition) is 1. The molecule has 3 unspecified atom stereocenters. The normalized spacial score (nSPS) is 22.0. The maximum atomic E-state index is 3.70. The van der Waals surface area contributed by atoms with Crippen molar-refractivity contribution < 1.29 is 0 Å². The third-order valence-corrected chi connectivity index (χ3v) is 4.67. The Morgan fingerprint density at radius 3 is 2.33 bits per heavy atom. The van der Waals surface area contributed by atoms with Gasteiger partial charge in [0.05, 0.1) is 0 Å². The van der Waals surface area contributed by atoms with Crippen molar-refractivity contribution in [3.05, 3.63) is 71.3 Å². The van der Waals surface area contributed by atoms with Crippen LogP contribution < -0.4 is 5.32 Å². The van der Waals surface area contributed by atoms with Crippen LogP contribution in [0.5, 0.6) is 0 Å². The Balaban J connectivity index is 1.76. The second kappa shape index (κ2) is 6.44. The lowest BCUT2D eigenvalue weighted by Gasteiger charge is -2.19. The summed E-state index contributed by atoms with van der Waals surface area (Å²) < 4.78 is 0. The zero-order valence-electron chi connectivity index (χ0n) is 13.0. The summed E-state index contributed by atoms with van der Waals surface area (Å²) in [5.41, 5.74) is 4.36. The van der Waals surface area contributed by atoms with Crippen LogP contribution in [0, 0.1) is 5.92 Å². The Labute approximate surface area is 128 Å². The molecule has 1 saturated carbocycles. The summed E-state index contributed by atoms with van der Waals surface area (Å²) in [5, 5.41) is 3.70. The largest absolute Gasteiger partial charge is 0.310 e. The van der Waals surface area contributed by atoms with Gasteiger partial charge < -0.3 is 5.32 Å². The predicted molar refractivity (Wildman–Crippen MR) is 89.5 cm³/mol. The van der Waals surface area contributed by atoms with Gasteiger partial charge in [-0.05, 0) is 47.9 Å². The van der Waals surface area contributed by atoms with Gasteiger partial charge in [0.1, 0.15) is 0 Å². The van der Waals surface area contributed by atoms with Gasteiger partial charge in [-0.1, -0.05) is 68.4 Å². The molecule has 2 aromatic carbocycles. The summed E-state index contributed by atoms with van der Waals surface area (Å²) >= 11 is 0. The van der Waals surface area contributed by atoms with Crippen molar-refractivity contribution in [2.24, 2.45) is 5.92 Å². The molecule has 3 atom stereocenters. The van der Waals surface area contributed by atoms with Crippen LogP contribution in [-0.2, 0) is 6.42 Å². The minimum Gasteiger partial charge on any atom is -0.310 e. The van der Waals surface area contributed by atoms with E-state index in [1.807, 2.05) is 0 Å². The number of benzene rings is 2. The minimum absolute atomic E-state index is 0.492. The maximum Gasteiger partial charge on any atom is 0.0354 e. The van der Waals surface area contributed by atoms with Crippen LogP contribution in [-0.4, -0.2) is 6.54 Å². The van der Waals surface area contributed by atoms with E-state index in [1.165, 1.54) is 23.1 Å². The van der Waals surface area contributed by atoms with Gasteiger partial charge in [-0.2, -0.15) is 0 Å². The van der Waals surface area contributed by atoms with Crippen LogP contribution in [0.15, 0.2) is 54.6 Å². The van der Waals surface area contributed by atoms with Gasteiger partial charge in [-0.3, -0.25) is 0 Å². The monoisotopic (exact) mass is 279 g/mol. The zero-order chi connectivity index (χ0) is 14.7. The van der Waals surface area contributed by atoms with Crippen molar-refractivity contribution >= 4 is 0 Å². The third-order valence-electron chi connectivity index (χ3n) is 4.67. The van der Waals surface area contributed by atoms with Crippen LogP contribution in [0.3, 0.4) is 0 Å². The molecule has 0 bridgehead atoms. The zero-order valence-corrected chi connectivity index (χ0v) is 13.0. The lowest BCUT2D eigenvalue weighted by molar-refractivity contribution is 0.487. The quantitative estimate of drug-likeness (QED) is 0.808. The maximum absolute atomic E-state index is 3.70. The first kappa shape index (κ1) is 14.3. The fourth-order valence-electron chi connectivity index (χ4n) is 3.36. The van der Waals surface area contributed by atoms with E-state index < -0.39 is 0 Å². The topological polar surface area (TPSA) is 12.0 Å². The summed E-state index contributed by atoms with van der Waals surface area (Å²) in [7, 11) is 0. The smallest absolute Gasteiger partial charge is 0.0354 e. The van der Waals surface area contributed by atoms with Gasteiger partial charge in [-0.15, -0.1) is 0 Å². The lowest BCUT2D eigenvalue weighted by atomic mass is 9.97. The first-order valence-electron chi connectivity index (χ1n) is 8.20. The van der Waals surface area contributed by atoms with Gasteiger partial charge in [0, 0.05) is 6.04 Å². The highest BCUT2D eigenvalue weighted by Gasteiger charge is 2.43. The fraction of sp³-hybridized carbons (Fsp3) is 0.400. The Hall–Kier alpha value is -1.60. The van der Waals surface area contributed by atoms with Gasteiger partial charge >= 0.3 is 0 Å². The molecule has 2 aromatic rings. The van der Waals surface area contributed by atoms with Gasteiger partial charge in [0.15, 0.2) is 0 Å². The van der Waals surface area contributed by atoms with E-state index in [9.17, 15) is 0 Å². The predicted octanol–water partition coefficient (Wildman–Crippen LogP) is 4.70. The SMILES string of the molecule is CCNC(c1ccc(CC)cc1)C1CC1c1ccccc1. The molecule has 0 radical (unpaired) electrons. The van der Waals surface area contributed by atoms with Crippen LogP contribution in [0.4, 0.5) is 0 Å². The summed E-state index contributed by atoms with van der Waals surface area (Å²) in [4.78, 5) is 0. The molecule has 3 rings (SSSR count). The van der Waals surface area contributed by atoms with Crippen molar-refractivity contribution in [3.8, 4) is 0 Å². The van der Waals surface area contributed by atoms with Crippen LogP contribution in [0.25, 0.3) is 0 Å². The average Bonchev–Trinajstić information content (AvgIpc) is 3.34. The Morgan fingerprint density at radius 1 is 1.00 bits per heavy atom. The molecule has 0 amide bonds. The highest BCUT2D eigenvalue weighted by molar-refractivity contribution is 5.32. The number of aryl methyl sites for hydroxylation is 1. The molecular formula is C20H25N. The second-order valence-electron chi connectivity index (χ2n) is 6.05. The van der Waals surface area contributed by atoms with Crippen molar-refractivity contribution in [3.63, 3.8) is 0 Å². The van der Waals surface area contributed by atoms with E-state index in [1.54, 1.807) is 0 Å². The summed E-state index contributed by atoms with van der Waals surface area (Å²) in [6.07, 6.45) is 2.42.